The Morgan fingerprint density at radius 2 is 1.36 bits per heavy atom. The number of hydrogen-bond donors (Lipinski definition) is 1. The van der Waals surface area contributed by atoms with Crippen LogP contribution in [-0.4, -0.2) is 27.4 Å². The predicted octanol–water partition coefficient (Wildman–Crippen LogP) is 3.50. The lowest BCUT2D eigenvalue weighted by atomic mass is 10.5. The van der Waals surface area contributed by atoms with Gasteiger partial charge >= 0.3 is 0 Å². The van der Waals surface area contributed by atoms with Crippen molar-refractivity contribution in [2.45, 2.75) is 49.0 Å². The fourth-order valence-corrected chi connectivity index (χ4v) is 0.408. The van der Waals surface area contributed by atoms with Crippen molar-refractivity contribution in [2.75, 3.05) is 27.4 Å². The molecule has 0 saturated heterocycles. The van der Waals surface area contributed by atoms with Gasteiger partial charge in [-0.05, 0) is 12.8 Å². The molecule has 0 fully saturated rings. The molecule has 3 nitrogen and oxygen atoms in total. The summed E-state index contributed by atoms with van der Waals surface area (Å²) in [4.78, 5) is 4.73. The monoisotopic (exact) mass is 211 g/mol. The molecule has 0 bridgehead atoms. The van der Waals surface area contributed by atoms with Gasteiger partial charge in [-0.15, -0.1) is 0 Å². The van der Waals surface area contributed by atoms with Crippen LogP contribution in [0.2, 0.25) is 0 Å². The van der Waals surface area contributed by atoms with Gasteiger partial charge in [0.05, 0.1) is 6.61 Å². The lowest BCUT2D eigenvalue weighted by Crippen LogP contribution is -2.06. The largest absolute Gasteiger partial charge is 0.385 e. The minimum Gasteiger partial charge on any atom is -0.385 e. The first-order valence-electron chi connectivity index (χ1n) is 4.10. The molecule has 0 aromatic heterocycles. The van der Waals surface area contributed by atoms with E-state index in [-0.39, 0.29) is 22.3 Å². The Kier molecular flexibility index (Phi) is 80.1. The fraction of sp³-hybridized carbons (Fsp3) is 1.00. The van der Waals surface area contributed by atoms with Crippen LogP contribution in [0.4, 0.5) is 0 Å². The number of ether oxygens (including phenoxy) is 1. The molecule has 0 spiro atoms. The van der Waals surface area contributed by atoms with E-state index in [4.69, 9.17) is 9.57 Å². The molecule has 0 heterocycles. The average molecular weight is 211 g/mol. The molecule has 0 aromatic rings. The summed E-state index contributed by atoms with van der Waals surface area (Å²) in [7, 11) is 3.47. The van der Waals surface area contributed by atoms with Crippen LogP contribution in [0.5, 0.6) is 0 Å². The van der Waals surface area contributed by atoms with Gasteiger partial charge in [0, 0.05) is 20.8 Å². The maximum atomic E-state index is 4.73. The van der Waals surface area contributed by atoms with Crippen molar-refractivity contribution in [1.29, 1.82) is 0 Å². The number of nitrogens with one attached hydrogen (secondary N) is 1. The molecule has 0 unspecified atom stereocenters. The molecule has 94 valence electrons. The number of methoxy groups -OCH3 is 1. The molecule has 3 heteroatoms. The standard InChI is InChI=1S/C4H11NO.C4H10O.3CH4/c1-3-4-6-5-2;1-3-4-5-2;;;/h5H,3-4H2,1-2H3;3-4H2,1-2H3;3*1H4. The summed E-state index contributed by atoms with van der Waals surface area (Å²) in [6.07, 6.45) is 2.19. The molecular formula is C11H33NO2. The molecule has 0 aliphatic carbocycles. The zero-order valence-electron chi connectivity index (χ0n) is 8.14. The molecule has 1 N–H and O–H groups in total. The van der Waals surface area contributed by atoms with Gasteiger partial charge in [-0.3, -0.25) is 0 Å². The fourth-order valence-electron chi connectivity index (χ4n) is 0.408. The Balaban J connectivity index is -0.0000000321. The van der Waals surface area contributed by atoms with Gasteiger partial charge in [-0.25, -0.2) is 5.48 Å². The van der Waals surface area contributed by atoms with Crippen molar-refractivity contribution >= 4 is 0 Å². The van der Waals surface area contributed by atoms with Crippen LogP contribution < -0.4 is 5.48 Å². The zero-order chi connectivity index (χ0) is 8.95. The molecule has 0 aliphatic heterocycles. The highest BCUT2D eigenvalue weighted by Gasteiger charge is 1.71. The highest BCUT2D eigenvalue weighted by atomic mass is 16.6. The van der Waals surface area contributed by atoms with E-state index in [2.05, 4.69) is 19.3 Å². The van der Waals surface area contributed by atoms with Gasteiger partial charge in [0.25, 0.3) is 0 Å². The van der Waals surface area contributed by atoms with E-state index in [1.807, 2.05) is 0 Å². The van der Waals surface area contributed by atoms with E-state index in [1.54, 1.807) is 14.2 Å². The molecule has 0 atom stereocenters. The van der Waals surface area contributed by atoms with E-state index in [9.17, 15) is 0 Å². The minimum absolute atomic E-state index is 0. The van der Waals surface area contributed by atoms with Crippen LogP contribution in [0.25, 0.3) is 0 Å². The maximum absolute atomic E-state index is 4.73. The third-order valence-electron chi connectivity index (χ3n) is 0.859. The van der Waals surface area contributed by atoms with Crippen molar-refractivity contribution < 1.29 is 9.57 Å². The van der Waals surface area contributed by atoms with Gasteiger partial charge in [-0.1, -0.05) is 36.1 Å². The van der Waals surface area contributed by atoms with Crippen molar-refractivity contribution in [3.8, 4) is 0 Å². The Hall–Kier alpha value is -0.120. The summed E-state index contributed by atoms with van der Waals surface area (Å²) >= 11 is 0. The number of rotatable bonds is 5. The van der Waals surface area contributed by atoms with E-state index in [0.29, 0.717) is 0 Å². The summed E-state index contributed by atoms with van der Waals surface area (Å²) in [5.74, 6) is 0. The van der Waals surface area contributed by atoms with E-state index in [0.717, 1.165) is 26.1 Å². The normalized spacial score (nSPS) is 6.86. The van der Waals surface area contributed by atoms with E-state index in [1.165, 1.54) is 0 Å². The van der Waals surface area contributed by atoms with Gasteiger partial charge < -0.3 is 9.57 Å². The maximum Gasteiger partial charge on any atom is 0.0679 e. The Morgan fingerprint density at radius 1 is 0.929 bits per heavy atom. The van der Waals surface area contributed by atoms with Crippen molar-refractivity contribution in [1.82, 2.24) is 5.48 Å². The molecule has 0 saturated carbocycles. The van der Waals surface area contributed by atoms with Crippen molar-refractivity contribution in [3.63, 3.8) is 0 Å². The van der Waals surface area contributed by atoms with Gasteiger partial charge in [0.2, 0.25) is 0 Å². The Labute approximate surface area is 92.1 Å². The van der Waals surface area contributed by atoms with E-state index < -0.39 is 0 Å². The van der Waals surface area contributed by atoms with Crippen LogP contribution in [0.3, 0.4) is 0 Å². The van der Waals surface area contributed by atoms with Crippen LogP contribution in [0.1, 0.15) is 49.0 Å². The van der Waals surface area contributed by atoms with Gasteiger partial charge in [-0.2, -0.15) is 0 Å². The van der Waals surface area contributed by atoms with Crippen LogP contribution in [0.15, 0.2) is 0 Å². The molecule has 0 rings (SSSR count). The summed E-state index contributed by atoms with van der Waals surface area (Å²) in [5.41, 5.74) is 2.57. The quantitative estimate of drug-likeness (QED) is 0.558. The van der Waals surface area contributed by atoms with Gasteiger partial charge in [0.1, 0.15) is 0 Å². The first-order chi connectivity index (χ1) is 5.33. The zero-order valence-corrected chi connectivity index (χ0v) is 8.14. The van der Waals surface area contributed by atoms with Crippen LogP contribution in [-0.2, 0) is 9.57 Å². The highest BCUT2D eigenvalue weighted by Crippen LogP contribution is 1.71. The lowest BCUT2D eigenvalue weighted by Gasteiger charge is -1.93. The second-order valence-electron chi connectivity index (χ2n) is 2.05. The molecule has 14 heavy (non-hydrogen) atoms. The second kappa shape index (κ2) is 38.4. The van der Waals surface area contributed by atoms with Crippen LogP contribution in [0, 0.1) is 0 Å². The summed E-state index contributed by atoms with van der Waals surface area (Å²) in [6, 6.07) is 0. The average Bonchev–Trinajstić information content (AvgIpc) is 2.04. The molecule has 0 radical (unpaired) electrons. The molecule has 0 amide bonds. The summed E-state index contributed by atoms with van der Waals surface area (Å²) < 4.78 is 4.69. The van der Waals surface area contributed by atoms with Crippen molar-refractivity contribution in [3.05, 3.63) is 0 Å². The SMILES string of the molecule is C.C.C.CCCOC.CCCONC. The topological polar surface area (TPSA) is 30.5 Å². The van der Waals surface area contributed by atoms with Crippen LogP contribution >= 0.6 is 0 Å². The lowest BCUT2D eigenvalue weighted by molar-refractivity contribution is 0.0585. The first-order valence-corrected chi connectivity index (χ1v) is 4.10. The smallest absolute Gasteiger partial charge is 0.0679 e. The molecule has 0 aliphatic rings. The number of hydroxylamine groups is 1. The molecular weight excluding hydrogens is 178 g/mol. The highest BCUT2D eigenvalue weighted by molar-refractivity contribution is 4.16. The Bertz CT molecular complexity index is 46.6. The van der Waals surface area contributed by atoms with E-state index >= 15 is 0 Å². The Morgan fingerprint density at radius 3 is 1.43 bits per heavy atom. The first kappa shape index (κ1) is 29.2. The predicted molar refractivity (Wildman–Crippen MR) is 67.7 cm³/mol. The third-order valence-corrected chi connectivity index (χ3v) is 0.859. The third kappa shape index (κ3) is 59.1. The second-order valence-corrected chi connectivity index (χ2v) is 2.05. The molecule has 0 aromatic carbocycles. The van der Waals surface area contributed by atoms with Crippen molar-refractivity contribution in [2.24, 2.45) is 0 Å². The summed E-state index contributed by atoms with van der Waals surface area (Å²) in [5, 5.41) is 0. The van der Waals surface area contributed by atoms with Gasteiger partial charge in [0.15, 0.2) is 0 Å². The number of hydrogen-bond acceptors (Lipinski definition) is 3. The minimum atomic E-state index is 0. The summed E-state index contributed by atoms with van der Waals surface area (Å²) in [6.45, 7) is 5.84.